The molecule has 2 aromatic heterocycles. The predicted molar refractivity (Wildman–Crippen MR) is 277 cm³/mol. The molecule has 23 rings (SSSR count). The summed E-state index contributed by atoms with van der Waals surface area (Å²) in [5.41, 5.74) is -1.18. The third-order valence-corrected chi connectivity index (χ3v) is 17.1. The molecule has 0 spiro atoms. The summed E-state index contributed by atoms with van der Waals surface area (Å²) in [5.74, 6) is 0. The maximum Gasteiger partial charge on any atom is 0.328 e. The number of ether oxygens (including phenoxy) is 14. The number of aliphatic hydroxyl groups excluding tert-OH is 20. The van der Waals surface area contributed by atoms with Gasteiger partial charge < -0.3 is 168 Å². The van der Waals surface area contributed by atoms with Crippen LogP contribution in [-0.4, -0.2) is 381 Å². The van der Waals surface area contributed by atoms with Crippen LogP contribution in [0.2, 0.25) is 0 Å². The first-order chi connectivity index (χ1) is 43.3. The molecule has 41 heteroatoms. The number of nitrogens with zero attached hydrogens (tertiary/aromatic N) is 4. The topological polar surface area (TPSA) is 619 Å². The number of aromatic amines is 1. The zero-order chi connectivity index (χ0) is 65.8. The quantitative estimate of drug-likeness (QED) is 0.105. The van der Waals surface area contributed by atoms with Crippen molar-refractivity contribution < 1.29 is 168 Å². The second-order valence-corrected chi connectivity index (χ2v) is 23.1. The summed E-state index contributed by atoms with van der Waals surface area (Å²) in [6.45, 7) is -5.85. The zero-order valence-corrected chi connectivity index (χ0v) is 47.8. The van der Waals surface area contributed by atoms with E-state index in [1.54, 1.807) is 0 Å². The van der Waals surface area contributed by atoms with Crippen LogP contribution in [0, 0.1) is 6.92 Å². The Hall–Kier alpha value is -3.54. The Labute approximate surface area is 511 Å². The lowest BCUT2D eigenvalue weighted by atomic mass is 9.95. The maximum atomic E-state index is 12.6. The van der Waals surface area contributed by atoms with Crippen molar-refractivity contribution in [3.05, 3.63) is 44.5 Å². The molecule has 35 atom stereocenters. The number of H-pyrrole nitrogens is 1. The number of aliphatic hydroxyl groups is 20. The molecule has 21 aliphatic rings. The van der Waals surface area contributed by atoms with Gasteiger partial charge >= 0.3 is 5.69 Å². The van der Waals surface area contributed by atoms with Crippen LogP contribution >= 0.6 is 0 Å². The molecule has 2 aromatic rings. The number of aryl methyl sites for hydroxylation is 1. The van der Waals surface area contributed by atoms with Crippen molar-refractivity contribution >= 4 is 0 Å². The molecule has 0 amide bonds. The van der Waals surface area contributed by atoms with E-state index < -0.39 is 272 Å². The van der Waals surface area contributed by atoms with Gasteiger partial charge in [0.05, 0.1) is 58.9 Å². The standard InChI is InChI=1S/C50H77N5O36/c1-12-2-54(50(77)51-42(12)76)3-13-4-55(53-52-13)5-14-35-21(62)28(69)43(78-14)86-36-15(6-56)80-45(30(71)23(36)64)88-38-17(8-58)82-47(32(73)25(38)66)90-40-19(10-60)84-49(34(75)27(40)68)91-41-20(11-61)83-48(33(74)26(41)67)89-39-18(9-59)81-46(31(72)24(39)65)87-37-16(7-57)79-44(85-35)29(70)22(37)63/h2,4,14-41,43-49,56-75H,3,5-11H2,1H3,(H,51,76,77)/t14?,15?,16?,17?,18?,19?,20?,21?,22?,23?,24?,25?,26?,27?,28?,29?,30?,31?,32?,33?,34?,35-,36-,37-,38-,39-,40-,41-,43-,44-,45-,46-,47-,48-,49-/m1/s1. The minimum absolute atomic E-state index is 0.0968. The summed E-state index contributed by atoms with van der Waals surface area (Å²) in [4.78, 5) is 26.8. The smallest absolute Gasteiger partial charge is 0.328 e. The SMILES string of the molecule is Cc1cn(Cc2cn(CC3O[C@@H]4O[C@@H]5C(CO)O[C@H](O[C@@H]6C(CO)O[C@H](O[C@@H]7C(CO)O[C@H](O[C@@H]8C(CO)O[C@H](O[C@@H]9C(CO)O[C@H](O[C@@H]%10C(CO)O[C@H](O[C@H]3C(O)C4O)C(O)C%10O)C(O)C9O)C(O)C8O)C(O)C7O)C(O)C6O)C(O)C5O)nn2)c(=O)[nH]c1=O. The Balaban J connectivity index is 0.956. The van der Waals surface area contributed by atoms with Crippen LogP contribution < -0.4 is 11.2 Å². The van der Waals surface area contributed by atoms with Gasteiger partial charge in [0.1, 0.15) is 177 Å². The van der Waals surface area contributed by atoms with Gasteiger partial charge in [0, 0.05) is 11.8 Å². The molecule has 14 bridgehead atoms. The Morgan fingerprint density at radius 2 is 0.604 bits per heavy atom. The van der Waals surface area contributed by atoms with E-state index in [2.05, 4.69) is 15.3 Å². The van der Waals surface area contributed by atoms with Crippen molar-refractivity contribution in [3.8, 4) is 0 Å². The zero-order valence-electron chi connectivity index (χ0n) is 47.8. The molecule has 21 N–H and O–H groups in total. The van der Waals surface area contributed by atoms with E-state index in [9.17, 15) is 112 Å². The molecular formula is C50H77N5O36. The fourth-order valence-electron chi connectivity index (χ4n) is 12.0. The molecule has 21 unspecified atom stereocenters. The van der Waals surface area contributed by atoms with Crippen molar-refractivity contribution in [2.24, 2.45) is 0 Å². The van der Waals surface area contributed by atoms with Crippen molar-refractivity contribution in [2.75, 3.05) is 39.6 Å². The van der Waals surface area contributed by atoms with Gasteiger partial charge in [-0.2, -0.15) is 0 Å². The lowest BCUT2D eigenvalue weighted by molar-refractivity contribution is -0.396. The second-order valence-electron chi connectivity index (χ2n) is 23.1. The van der Waals surface area contributed by atoms with E-state index in [4.69, 9.17) is 66.3 Å². The molecule has 41 nitrogen and oxygen atoms in total. The molecule has 21 saturated heterocycles. The van der Waals surface area contributed by atoms with E-state index >= 15 is 0 Å². The van der Waals surface area contributed by atoms with Gasteiger partial charge in [0.15, 0.2) is 44.0 Å². The Bertz CT molecular complexity index is 2780. The van der Waals surface area contributed by atoms with E-state index in [0.717, 1.165) is 9.25 Å². The van der Waals surface area contributed by atoms with E-state index in [1.165, 1.54) is 19.3 Å². The fraction of sp³-hybridized carbons (Fsp3) is 0.880. The predicted octanol–water partition coefficient (Wildman–Crippen LogP) is -15.7. The van der Waals surface area contributed by atoms with Crippen LogP contribution in [0.1, 0.15) is 11.3 Å². The molecule has 91 heavy (non-hydrogen) atoms. The highest BCUT2D eigenvalue weighted by atomic mass is 16.8. The number of aromatic nitrogens is 5. The lowest BCUT2D eigenvalue weighted by Gasteiger charge is -2.50. The van der Waals surface area contributed by atoms with Crippen LogP contribution in [0.15, 0.2) is 22.0 Å². The Kier molecular flexibility index (Phi) is 22.7. The van der Waals surface area contributed by atoms with Gasteiger partial charge in [0.25, 0.3) is 5.56 Å². The molecule has 21 fully saturated rings. The summed E-state index contributed by atoms with van der Waals surface area (Å²) in [7, 11) is 0. The van der Waals surface area contributed by atoms with Crippen LogP contribution in [-0.2, 0) is 79.4 Å². The number of rotatable bonds is 10. The van der Waals surface area contributed by atoms with Gasteiger partial charge in [-0.05, 0) is 6.92 Å². The molecule has 0 aromatic carbocycles. The average molecular weight is 1320 g/mol. The van der Waals surface area contributed by atoms with Crippen LogP contribution in [0.5, 0.6) is 0 Å². The average Bonchev–Trinajstić information content (AvgIpc) is 0.892. The third kappa shape index (κ3) is 14.1. The van der Waals surface area contributed by atoms with Crippen LogP contribution in [0.25, 0.3) is 0 Å². The Morgan fingerprint density at radius 1 is 0.363 bits per heavy atom. The van der Waals surface area contributed by atoms with Crippen molar-refractivity contribution in [1.82, 2.24) is 24.5 Å². The minimum Gasteiger partial charge on any atom is -0.394 e. The second kappa shape index (κ2) is 29.4. The van der Waals surface area contributed by atoms with Crippen molar-refractivity contribution in [2.45, 2.75) is 235 Å². The molecule has 0 aliphatic carbocycles. The Morgan fingerprint density at radius 3 is 0.857 bits per heavy atom. The molecule has 0 radical (unpaired) electrons. The first kappa shape index (κ1) is 70.3. The highest BCUT2D eigenvalue weighted by molar-refractivity contribution is 5.05. The minimum atomic E-state index is -2.28. The number of hydrogen-bond donors (Lipinski definition) is 21. The van der Waals surface area contributed by atoms with E-state index in [1.807, 2.05) is 0 Å². The van der Waals surface area contributed by atoms with Gasteiger partial charge in [0.2, 0.25) is 0 Å². The first-order valence-electron chi connectivity index (χ1n) is 28.9. The molecule has 21 aliphatic heterocycles. The molecule has 23 heterocycles. The largest absolute Gasteiger partial charge is 0.394 e. The monoisotopic (exact) mass is 1320 g/mol. The molecule has 518 valence electrons. The van der Waals surface area contributed by atoms with Gasteiger partial charge in [-0.3, -0.25) is 14.3 Å². The van der Waals surface area contributed by atoms with Crippen LogP contribution in [0.3, 0.4) is 0 Å². The van der Waals surface area contributed by atoms with Gasteiger partial charge in [-0.25, -0.2) is 9.48 Å². The lowest BCUT2D eigenvalue weighted by Crippen LogP contribution is -2.68. The highest BCUT2D eigenvalue weighted by Gasteiger charge is 2.60. The normalized spacial score (nSPS) is 48.6. The van der Waals surface area contributed by atoms with Crippen molar-refractivity contribution in [1.29, 1.82) is 0 Å². The van der Waals surface area contributed by atoms with Gasteiger partial charge in [-0.1, -0.05) is 5.21 Å². The molecule has 0 saturated carbocycles. The summed E-state index contributed by atoms with van der Waals surface area (Å²) in [6.07, 6.45) is -69.2. The maximum absolute atomic E-state index is 12.6. The van der Waals surface area contributed by atoms with Crippen LogP contribution in [0.4, 0.5) is 0 Å². The summed E-state index contributed by atoms with van der Waals surface area (Å²) in [5, 5.41) is 233. The van der Waals surface area contributed by atoms with Gasteiger partial charge in [-0.15, -0.1) is 5.10 Å². The van der Waals surface area contributed by atoms with Crippen molar-refractivity contribution in [3.63, 3.8) is 0 Å². The van der Waals surface area contributed by atoms with E-state index in [0.29, 0.717) is 0 Å². The summed E-state index contributed by atoms with van der Waals surface area (Å²) < 4.78 is 83.6. The highest BCUT2D eigenvalue weighted by Crippen LogP contribution is 2.39. The summed E-state index contributed by atoms with van der Waals surface area (Å²) >= 11 is 0. The number of hydrogen-bond acceptors (Lipinski definition) is 38. The fourth-order valence-corrected chi connectivity index (χ4v) is 12.0. The number of nitrogens with one attached hydrogen (secondary N) is 1. The summed E-state index contributed by atoms with van der Waals surface area (Å²) in [6, 6.07) is 0. The molecular weight excluding hydrogens is 1250 g/mol. The first-order valence-corrected chi connectivity index (χ1v) is 28.9. The third-order valence-electron chi connectivity index (χ3n) is 17.1. The van der Waals surface area contributed by atoms with E-state index in [-0.39, 0.29) is 17.8 Å².